The van der Waals surface area contributed by atoms with Gasteiger partial charge in [0.15, 0.2) is 5.82 Å². The van der Waals surface area contributed by atoms with Crippen LogP contribution < -0.4 is 10.5 Å². The minimum absolute atomic E-state index is 0.121. The van der Waals surface area contributed by atoms with Crippen molar-refractivity contribution in [2.24, 2.45) is 5.92 Å². The van der Waals surface area contributed by atoms with E-state index in [1.54, 1.807) is 12.4 Å². The summed E-state index contributed by atoms with van der Waals surface area (Å²) >= 11 is 0. The number of benzene rings is 1. The summed E-state index contributed by atoms with van der Waals surface area (Å²) in [6.07, 6.45) is 2.82. The fourth-order valence-electron chi connectivity index (χ4n) is 5.10. The molecule has 0 radical (unpaired) electrons. The highest BCUT2D eigenvalue weighted by Crippen LogP contribution is 2.38. The van der Waals surface area contributed by atoms with Crippen LogP contribution in [-0.2, 0) is 6.54 Å². The summed E-state index contributed by atoms with van der Waals surface area (Å²) < 4.78 is 1.97. The Bertz CT molecular complexity index is 1290. The molecular formula is C22H21N5O. The van der Waals surface area contributed by atoms with Crippen molar-refractivity contribution in [1.82, 2.24) is 19.5 Å². The molecule has 6 rings (SSSR count). The Morgan fingerprint density at radius 3 is 2.96 bits per heavy atom. The van der Waals surface area contributed by atoms with Crippen LogP contribution in [0.25, 0.3) is 21.9 Å². The average Bonchev–Trinajstić information content (AvgIpc) is 3.07. The molecule has 0 aliphatic carbocycles. The van der Waals surface area contributed by atoms with Gasteiger partial charge in [0.2, 0.25) is 0 Å². The topological polar surface area (TPSA) is 66.8 Å². The van der Waals surface area contributed by atoms with Crippen LogP contribution in [0.1, 0.15) is 23.6 Å². The number of rotatable bonds is 1. The quantitative estimate of drug-likeness (QED) is 0.558. The first-order valence-electron chi connectivity index (χ1n) is 9.85. The first-order chi connectivity index (χ1) is 13.7. The van der Waals surface area contributed by atoms with Gasteiger partial charge >= 0.3 is 0 Å². The number of pyridine rings is 1. The number of aromatic amines is 1. The van der Waals surface area contributed by atoms with Gasteiger partial charge in [-0.05, 0) is 37.5 Å². The third-order valence-corrected chi connectivity index (χ3v) is 6.30. The van der Waals surface area contributed by atoms with Crippen LogP contribution in [0.5, 0.6) is 0 Å². The molecule has 140 valence electrons. The number of piperidine rings is 1. The molecule has 5 heterocycles. The molecule has 2 aliphatic rings. The number of hydrogen-bond donors (Lipinski definition) is 1. The lowest BCUT2D eigenvalue weighted by Gasteiger charge is -2.43. The average molecular weight is 371 g/mol. The van der Waals surface area contributed by atoms with Crippen molar-refractivity contribution in [3.63, 3.8) is 0 Å². The zero-order chi connectivity index (χ0) is 18.8. The SMILES string of the molecule is Cc1ccc2[nH]c3c(N4CC5C[C@@H](C4)c4cccc(=O)n4C5)ncnc3c2c1. The predicted molar refractivity (Wildman–Crippen MR) is 110 cm³/mol. The molecule has 6 heteroatoms. The highest BCUT2D eigenvalue weighted by Gasteiger charge is 2.35. The van der Waals surface area contributed by atoms with E-state index in [4.69, 9.17) is 0 Å². The summed E-state index contributed by atoms with van der Waals surface area (Å²) in [5.74, 6) is 1.79. The van der Waals surface area contributed by atoms with Gasteiger partial charge in [0.05, 0.1) is 0 Å². The molecule has 4 aromatic rings. The van der Waals surface area contributed by atoms with Crippen LogP contribution in [0.3, 0.4) is 0 Å². The van der Waals surface area contributed by atoms with Crippen LogP contribution in [0.4, 0.5) is 5.82 Å². The van der Waals surface area contributed by atoms with Crippen LogP contribution in [0.15, 0.2) is 47.5 Å². The van der Waals surface area contributed by atoms with Gasteiger partial charge in [-0.3, -0.25) is 4.79 Å². The Labute approximate surface area is 161 Å². The predicted octanol–water partition coefficient (Wildman–Crippen LogP) is 3.20. The lowest BCUT2D eigenvalue weighted by molar-refractivity contribution is 0.281. The van der Waals surface area contributed by atoms with Crippen molar-refractivity contribution in [3.05, 3.63) is 64.3 Å². The van der Waals surface area contributed by atoms with Gasteiger partial charge in [0.25, 0.3) is 5.56 Å². The van der Waals surface area contributed by atoms with Crippen molar-refractivity contribution in [2.75, 3.05) is 18.0 Å². The Balaban J connectivity index is 1.47. The van der Waals surface area contributed by atoms with E-state index < -0.39 is 0 Å². The standard InChI is InChI=1S/C22H21N5O/c1-13-5-6-17-16(7-13)20-21(25-17)22(24-12-23-20)26-9-14-8-15(11-26)18-3-2-4-19(28)27(18)10-14/h2-7,12,14-15,25H,8-11H2,1H3/t14?,15-/m0/s1. The van der Waals surface area contributed by atoms with Crippen molar-refractivity contribution in [3.8, 4) is 0 Å². The van der Waals surface area contributed by atoms with E-state index in [2.05, 4.69) is 51.0 Å². The lowest BCUT2D eigenvalue weighted by atomic mass is 9.83. The summed E-state index contributed by atoms with van der Waals surface area (Å²) in [5, 5.41) is 1.15. The molecular weight excluding hydrogens is 350 g/mol. The molecule has 6 nitrogen and oxygen atoms in total. The minimum atomic E-state index is 0.121. The Hall–Kier alpha value is -3.15. The molecule has 0 saturated carbocycles. The normalized spacial score (nSPS) is 21.2. The lowest BCUT2D eigenvalue weighted by Crippen LogP contribution is -2.47. The van der Waals surface area contributed by atoms with Gasteiger partial charge in [-0.15, -0.1) is 0 Å². The molecule has 2 bridgehead atoms. The number of nitrogens with zero attached hydrogens (tertiary/aromatic N) is 4. The molecule has 2 atom stereocenters. The number of fused-ring (bicyclic) bond motifs is 7. The van der Waals surface area contributed by atoms with Gasteiger partial charge in [0.1, 0.15) is 17.4 Å². The molecule has 0 amide bonds. The van der Waals surface area contributed by atoms with Gasteiger partial charge in [-0.25, -0.2) is 9.97 Å². The van der Waals surface area contributed by atoms with E-state index in [1.165, 1.54) is 5.56 Å². The summed E-state index contributed by atoms with van der Waals surface area (Å²) in [6, 6.07) is 12.1. The molecule has 0 spiro atoms. The molecule has 1 fully saturated rings. The second kappa shape index (κ2) is 5.67. The first kappa shape index (κ1) is 15.9. The summed E-state index contributed by atoms with van der Waals surface area (Å²) in [6.45, 7) is 4.69. The third-order valence-electron chi connectivity index (χ3n) is 6.30. The monoisotopic (exact) mass is 371 g/mol. The van der Waals surface area contributed by atoms with E-state index in [9.17, 15) is 4.79 Å². The highest BCUT2D eigenvalue weighted by molar-refractivity contribution is 6.08. The van der Waals surface area contributed by atoms with Crippen LogP contribution in [0.2, 0.25) is 0 Å². The number of anilines is 1. The molecule has 2 aliphatic heterocycles. The molecule has 28 heavy (non-hydrogen) atoms. The molecule has 3 aromatic heterocycles. The fraction of sp³-hybridized carbons (Fsp3) is 0.318. The van der Waals surface area contributed by atoms with E-state index in [1.807, 2.05) is 10.6 Å². The maximum Gasteiger partial charge on any atom is 0.250 e. The third kappa shape index (κ3) is 2.24. The largest absolute Gasteiger partial charge is 0.354 e. The number of hydrogen-bond acceptors (Lipinski definition) is 4. The van der Waals surface area contributed by atoms with E-state index in [0.29, 0.717) is 11.8 Å². The number of H-pyrrole nitrogens is 1. The molecule has 1 unspecified atom stereocenters. The second-order valence-electron chi connectivity index (χ2n) is 8.20. The number of aryl methyl sites for hydroxylation is 1. The maximum atomic E-state index is 12.3. The van der Waals surface area contributed by atoms with E-state index in [0.717, 1.165) is 59.5 Å². The minimum Gasteiger partial charge on any atom is -0.354 e. The van der Waals surface area contributed by atoms with Crippen molar-refractivity contribution in [2.45, 2.75) is 25.8 Å². The van der Waals surface area contributed by atoms with Gasteiger partial charge in [0, 0.05) is 48.2 Å². The van der Waals surface area contributed by atoms with E-state index >= 15 is 0 Å². The molecule has 1 N–H and O–H groups in total. The molecule has 1 saturated heterocycles. The fourth-order valence-corrected chi connectivity index (χ4v) is 5.10. The Morgan fingerprint density at radius 2 is 2.04 bits per heavy atom. The summed E-state index contributed by atoms with van der Waals surface area (Å²) in [7, 11) is 0. The van der Waals surface area contributed by atoms with Crippen molar-refractivity contribution in [1.29, 1.82) is 0 Å². The summed E-state index contributed by atoms with van der Waals surface area (Å²) in [4.78, 5) is 27.4. The van der Waals surface area contributed by atoms with E-state index in [-0.39, 0.29) is 5.56 Å². The van der Waals surface area contributed by atoms with Crippen molar-refractivity contribution >= 4 is 27.8 Å². The zero-order valence-electron chi connectivity index (χ0n) is 15.7. The number of nitrogens with one attached hydrogen (secondary N) is 1. The maximum absolute atomic E-state index is 12.3. The number of aromatic nitrogens is 4. The highest BCUT2D eigenvalue weighted by atomic mass is 16.1. The Kier molecular flexibility index (Phi) is 3.21. The van der Waals surface area contributed by atoms with Crippen LogP contribution >= 0.6 is 0 Å². The van der Waals surface area contributed by atoms with Gasteiger partial charge in [-0.1, -0.05) is 17.7 Å². The molecule has 1 aromatic carbocycles. The first-order valence-corrected chi connectivity index (χ1v) is 9.85. The summed E-state index contributed by atoms with van der Waals surface area (Å²) in [5.41, 5.74) is 5.59. The second-order valence-corrected chi connectivity index (χ2v) is 8.20. The van der Waals surface area contributed by atoms with Gasteiger partial charge < -0.3 is 14.5 Å². The van der Waals surface area contributed by atoms with Gasteiger partial charge in [-0.2, -0.15) is 0 Å². The van der Waals surface area contributed by atoms with Crippen molar-refractivity contribution < 1.29 is 0 Å². The van der Waals surface area contributed by atoms with Crippen LogP contribution in [-0.4, -0.2) is 32.6 Å². The van der Waals surface area contributed by atoms with Crippen LogP contribution in [0, 0.1) is 12.8 Å². The Morgan fingerprint density at radius 1 is 1.11 bits per heavy atom. The zero-order valence-corrected chi connectivity index (χ0v) is 15.7. The smallest absolute Gasteiger partial charge is 0.250 e.